The molecule has 170 valence electrons. The summed E-state index contributed by atoms with van der Waals surface area (Å²) in [5.41, 5.74) is 3.93. The van der Waals surface area contributed by atoms with E-state index in [0.717, 1.165) is 42.6 Å². The van der Waals surface area contributed by atoms with E-state index in [0.29, 0.717) is 34.2 Å². The van der Waals surface area contributed by atoms with Gasteiger partial charge in [0.05, 0.1) is 17.8 Å². The quantitative estimate of drug-likeness (QED) is 0.356. The molecule has 0 spiro atoms. The average Bonchev–Trinajstić information content (AvgIpc) is 3.37. The second kappa shape index (κ2) is 9.16. The molecule has 34 heavy (non-hydrogen) atoms. The number of hydrogen-bond donors (Lipinski definition) is 2. The molecule has 0 bridgehead atoms. The smallest absolute Gasteiger partial charge is 0.223 e. The van der Waals surface area contributed by atoms with Gasteiger partial charge in [0.15, 0.2) is 0 Å². The molecule has 1 aliphatic heterocycles. The van der Waals surface area contributed by atoms with Crippen LogP contribution in [0.1, 0.15) is 12.0 Å². The van der Waals surface area contributed by atoms with Crippen molar-refractivity contribution >= 4 is 22.5 Å². The molecule has 3 aromatic carbocycles. The molecule has 1 atom stereocenters. The van der Waals surface area contributed by atoms with Crippen LogP contribution < -0.4 is 10.6 Å². The molecular formula is C27H23F2N5. The summed E-state index contributed by atoms with van der Waals surface area (Å²) in [7, 11) is 0. The summed E-state index contributed by atoms with van der Waals surface area (Å²) in [6, 6.07) is 15.2. The Kier molecular flexibility index (Phi) is 5.91. The molecule has 0 amide bonds. The van der Waals surface area contributed by atoms with Crippen LogP contribution in [-0.4, -0.2) is 29.6 Å². The van der Waals surface area contributed by atoms with Gasteiger partial charge >= 0.3 is 0 Å². The fourth-order valence-corrected chi connectivity index (χ4v) is 4.38. The van der Waals surface area contributed by atoms with E-state index in [1.807, 2.05) is 24.3 Å². The highest BCUT2D eigenvalue weighted by Crippen LogP contribution is 2.34. The van der Waals surface area contributed by atoms with E-state index >= 15 is 0 Å². The SMILES string of the molecule is [C-]#[N+]c1ccc(-c2nc(NC[C@H]3CCNC3)nc3ccc(-c4cccc(F)c4C)cc23)cc1F. The molecule has 0 radical (unpaired) electrons. The molecule has 7 heteroatoms. The van der Waals surface area contributed by atoms with E-state index in [9.17, 15) is 8.78 Å². The maximum atomic E-state index is 14.5. The fourth-order valence-electron chi connectivity index (χ4n) is 4.38. The van der Waals surface area contributed by atoms with Crippen LogP contribution in [0.15, 0.2) is 54.6 Å². The second-order valence-electron chi connectivity index (χ2n) is 8.56. The van der Waals surface area contributed by atoms with Gasteiger partial charge in [-0.05, 0) is 73.3 Å². The summed E-state index contributed by atoms with van der Waals surface area (Å²) in [5, 5.41) is 7.41. The lowest BCUT2D eigenvalue weighted by Crippen LogP contribution is -2.18. The van der Waals surface area contributed by atoms with Gasteiger partial charge in [-0.25, -0.2) is 23.6 Å². The molecule has 5 nitrogen and oxygen atoms in total. The third kappa shape index (κ3) is 4.20. The number of halogens is 2. The molecule has 0 saturated carbocycles. The summed E-state index contributed by atoms with van der Waals surface area (Å²) in [6.45, 7) is 11.6. The monoisotopic (exact) mass is 455 g/mol. The Labute approximate surface area is 196 Å². The van der Waals surface area contributed by atoms with Gasteiger partial charge in [-0.2, -0.15) is 0 Å². The summed E-state index contributed by atoms with van der Waals surface area (Å²) in [5.74, 6) is 0.102. The predicted octanol–water partition coefficient (Wildman–Crippen LogP) is 6.12. The van der Waals surface area contributed by atoms with E-state index in [1.54, 1.807) is 19.1 Å². The summed E-state index contributed by atoms with van der Waals surface area (Å²) in [4.78, 5) is 12.7. The Balaban J connectivity index is 1.64. The zero-order chi connectivity index (χ0) is 23.7. The number of nitrogens with zero attached hydrogens (tertiary/aromatic N) is 3. The van der Waals surface area contributed by atoms with Gasteiger partial charge in [-0.1, -0.05) is 30.3 Å². The van der Waals surface area contributed by atoms with Crippen LogP contribution in [0.25, 0.3) is 38.1 Å². The third-order valence-corrected chi connectivity index (χ3v) is 6.33. The first-order valence-corrected chi connectivity index (χ1v) is 11.2. The van der Waals surface area contributed by atoms with E-state index < -0.39 is 5.82 Å². The Morgan fingerprint density at radius 3 is 2.68 bits per heavy atom. The van der Waals surface area contributed by atoms with Crippen molar-refractivity contribution in [3.8, 4) is 22.4 Å². The number of anilines is 1. The van der Waals surface area contributed by atoms with Gasteiger partial charge in [0.25, 0.3) is 0 Å². The van der Waals surface area contributed by atoms with Gasteiger partial charge in [-0.3, -0.25) is 0 Å². The number of rotatable bonds is 5. The topological polar surface area (TPSA) is 54.2 Å². The Bertz CT molecular complexity index is 1420. The lowest BCUT2D eigenvalue weighted by atomic mass is 9.97. The average molecular weight is 456 g/mol. The zero-order valence-corrected chi connectivity index (χ0v) is 18.7. The van der Waals surface area contributed by atoms with Gasteiger partial charge < -0.3 is 10.6 Å². The summed E-state index contributed by atoms with van der Waals surface area (Å²) < 4.78 is 28.7. The van der Waals surface area contributed by atoms with Gasteiger partial charge in [0.2, 0.25) is 11.6 Å². The van der Waals surface area contributed by atoms with Gasteiger partial charge in [-0.15, -0.1) is 0 Å². The maximum Gasteiger partial charge on any atom is 0.223 e. The first-order chi connectivity index (χ1) is 16.5. The molecule has 0 aliphatic carbocycles. The van der Waals surface area contributed by atoms with Crippen molar-refractivity contribution in [3.63, 3.8) is 0 Å². The van der Waals surface area contributed by atoms with Crippen LogP contribution in [0, 0.1) is 31.0 Å². The molecule has 1 saturated heterocycles. The van der Waals surface area contributed by atoms with Gasteiger partial charge in [0.1, 0.15) is 11.6 Å². The molecule has 1 fully saturated rings. The summed E-state index contributed by atoms with van der Waals surface area (Å²) >= 11 is 0. The van der Waals surface area contributed by atoms with Crippen LogP contribution in [0.3, 0.4) is 0 Å². The van der Waals surface area contributed by atoms with Crippen molar-refractivity contribution < 1.29 is 8.78 Å². The van der Waals surface area contributed by atoms with Crippen LogP contribution in [0.5, 0.6) is 0 Å². The standard InChI is InChI=1S/C27H23F2N5/c1-16-20(4-3-5-22(16)28)18-6-8-24-21(12-18)26(19-7-9-25(30-2)23(29)13-19)34-27(33-24)32-15-17-10-11-31-14-17/h3-9,12-13,17,31H,10-11,14-15H2,1H3,(H,32,33,34)/t17-/m0/s1. The van der Waals surface area contributed by atoms with Crippen LogP contribution in [-0.2, 0) is 0 Å². The third-order valence-electron chi connectivity index (χ3n) is 6.33. The summed E-state index contributed by atoms with van der Waals surface area (Å²) in [6.07, 6.45) is 1.09. The van der Waals surface area contributed by atoms with Crippen molar-refractivity contribution in [3.05, 3.63) is 83.2 Å². The van der Waals surface area contributed by atoms with Crippen molar-refractivity contribution in [2.75, 3.05) is 25.0 Å². The zero-order valence-electron chi connectivity index (χ0n) is 18.7. The maximum absolute atomic E-state index is 14.5. The van der Waals surface area contributed by atoms with Crippen molar-refractivity contribution in [2.24, 2.45) is 5.92 Å². The molecule has 0 unspecified atom stereocenters. The Hall–Kier alpha value is -3.89. The Morgan fingerprint density at radius 1 is 1.06 bits per heavy atom. The molecule has 2 heterocycles. The number of nitrogens with one attached hydrogen (secondary N) is 2. The normalized spacial score (nSPS) is 15.4. The number of fused-ring (bicyclic) bond motifs is 1. The highest BCUT2D eigenvalue weighted by molar-refractivity contribution is 5.96. The highest BCUT2D eigenvalue weighted by Gasteiger charge is 2.17. The van der Waals surface area contributed by atoms with Crippen molar-refractivity contribution in [2.45, 2.75) is 13.3 Å². The molecule has 4 aromatic rings. The minimum atomic E-state index is -0.595. The van der Waals surface area contributed by atoms with E-state index in [1.165, 1.54) is 18.2 Å². The van der Waals surface area contributed by atoms with E-state index in [-0.39, 0.29) is 11.5 Å². The number of benzene rings is 3. The first-order valence-electron chi connectivity index (χ1n) is 11.2. The minimum absolute atomic E-state index is 0.0368. The molecule has 1 aromatic heterocycles. The first kappa shape index (κ1) is 21.9. The Morgan fingerprint density at radius 2 is 1.91 bits per heavy atom. The number of hydrogen-bond acceptors (Lipinski definition) is 4. The lowest BCUT2D eigenvalue weighted by Gasteiger charge is -2.14. The number of aromatic nitrogens is 2. The molecular weight excluding hydrogens is 432 g/mol. The lowest BCUT2D eigenvalue weighted by molar-refractivity contribution is 0.613. The predicted molar refractivity (Wildman–Crippen MR) is 131 cm³/mol. The van der Waals surface area contributed by atoms with Crippen molar-refractivity contribution in [1.82, 2.24) is 15.3 Å². The molecule has 2 N–H and O–H groups in total. The highest BCUT2D eigenvalue weighted by atomic mass is 19.1. The van der Waals surface area contributed by atoms with E-state index in [2.05, 4.69) is 15.5 Å². The minimum Gasteiger partial charge on any atom is -0.354 e. The van der Waals surface area contributed by atoms with Gasteiger partial charge in [0, 0.05) is 17.5 Å². The fraction of sp³-hybridized carbons (Fsp3) is 0.222. The molecule has 1 aliphatic rings. The van der Waals surface area contributed by atoms with Crippen molar-refractivity contribution in [1.29, 1.82) is 0 Å². The van der Waals surface area contributed by atoms with Crippen LogP contribution >= 0.6 is 0 Å². The van der Waals surface area contributed by atoms with E-state index in [4.69, 9.17) is 16.5 Å². The van der Waals surface area contributed by atoms with Crippen LogP contribution in [0.2, 0.25) is 0 Å². The second-order valence-corrected chi connectivity index (χ2v) is 8.56. The largest absolute Gasteiger partial charge is 0.354 e. The molecule has 5 rings (SSSR count). The van der Waals surface area contributed by atoms with Crippen LogP contribution in [0.4, 0.5) is 20.4 Å².